The normalized spacial score (nSPS) is 15.4. The quantitative estimate of drug-likeness (QED) is 0.760. The summed E-state index contributed by atoms with van der Waals surface area (Å²) in [6, 6.07) is 8.72. The summed E-state index contributed by atoms with van der Waals surface area (Å²) in [4.78, 5) is 19.2. The van der Waals surface area contributed by atoms with Gasteiger partial charge in [-0.3, -0.25) is 9.79 Å². The van der Waals surface area contributed by atoms with Crippen molar-refractivity contribution in [2.24, 2.45) is 4.99 Å². The monoisotopic (exact) mass is 412 g/mol. The minimum atomic E-state index is -0.307. The number of guanidine groups is 1. The Balaban J connectivity index is 1.53. The molecule has 0 aromatic heterocycles. The zero-order valence-corrected chi connectivity index (χ0v) is 17.1. The van der Waals surface area contributed by atoms with Gasteiger partial charge in [0.1, 0.15) is 17.3 Å². The van der Waals surface area contributed by atoms with Crippen molar-refractivity contribution in [3.8, 4) is 11.5 Å². The Morgan fingerprint density at radius 2 is 1.93 bits per heavy atom. The molecule has 2 aliphatic heterocycles. The SMILES string of the molecule is COc1cc(CN2CCc3cc(F)c(CNC4=NCCN4)cc3C2=O)cc(OC)c1. The maximum Gasteiger partial charge on any atom is 0.254 e. The van der Waals surface area contributed by atoms with Gasteiger partial charge in [0.05, 0.1) is 20.8 Å². The third-order valence-corrected chi connectivity index (χ3v) is 5.35. The van der Waals surface area contributed by atoms with Crippen LogP contribution >= 0.6 is 0 Å². The first-order valence-corrected chi connectivity index (χ1v) is 9.92. The van der Waals surface area contributed by atoms with Gasteiger partial charge in [-0.05, 0) is 41.8 Å². The number of nitrogens with one attached hydrogen (secondary N) is 2. The van der Waals surface area contributed by atoms with Crippen molar-refractivity contribution < 1.29 is 18.7 Å². The molecule has 2 aromatic carbocycles. The summed E-state index contributed by atoms with van der Waals surface area (Å²) in [7, 11) is 3.19. The molecule has 158 valence electrons. The predicted octanol–water partition coefficient (Wildman–Crippen LogP) is 2.09. The van der Waals surface area contributed by atoms with Crippen molar-refractivity contribution in [1.29, 1.82) is 0 Å². The van der Waals surface area contributed by atoms with Crippen LogP contribution in [-0.2, 0) is 19.5 Å². The van der Waals surface area contributed by atoms with Crippen molar-refractivity contribution in [3.63, 3.8) is 0 Å². The van der Waals surface area contributed by atoms with Gasteiger partial charge in [0.15, 0.2) is 5.96 Å². The molecule has 0 aliphatic carbocycles. The fourth-order valence-electron chi connectivity index (χ4n) is 3.75. The lowest BCUT2D eigenvalue weighted by atomic mass is 9.95. The minimum absolute atomic E-state index is 0.101. The number of benzene rings is 2. The van der Waals surface area contributed by atoms with E-state index in [1.807, 2.05) is 12.1 Å². The number of amides is 1. The molecule has 0 unspecified atom stereocenters. The first kappa shape index (κ1) is 20.0. The highest BCUT2D eigenvalue weighted by Crippen LogP contribution is 2.27. The van der Waals surface area contributed by atoms with Gasteiger partial charge >= 0.3 is 0 Å². The third kappa shape index (κ3) is 4.17. The molecule has 0 bridgehead atoms. The number of carbonyl (C=O) groups excluding carboxylic acids is 1. The van der Waals surface area contributed by atoms with Crippen LogP contribution in [0.25, 0.3) is 0 Å². The number of carbonyl (C=O) groups is 1. The summed E-state index contributed by atoms with van der Waals surface area (Å²) in [5.41, 5.74) is 2.66. The van der Waals surface area contributed by atoms with Crippen molar-refractivity contribution in [3.05, 3.63) is 58.4 Å². The van der Waals surface area contributed by atoms with E-state index in [1.165, 1.54) is 6.07 Å². The van der Waals surface area contributed by atoms with E-state index in [9.17, 15) is 9.18 Å². The summed E-state index contributed by atoms with van der Waals surface area (Å²) >= 11 is 0. The topological polar surface area (TPSA) is 75.2 Å². The lowest BCUT2D eigenvalue weighted by Crippen LogP contribution is -2.37. The Morgan fingerprint density at radius 3 is 2.60 bits per heavy atom. The molecule has 0 radical (unpaired) electrons. The highest BCUT2D eigenvalue weighted by Gasteiger charge is 2.26. The number of hydrogen-bond acceptors (Lipinski definition) is 6. The van der Waals surface area contributed by atoms with Crippen LogP contribution in [0.1, 0.15) is 27.0 Å². The summed E-state index contributed by atoms with van der Waals surface area (Å²) in [5.74, 6) is 1.60. The van der Waals surface area contributed by atoms with E-state index < -0.39 is 0 Å². The van der Waals surface area contributed by atoms with Crippen LogP contribution in [0, 0.1) is 5.82 Å². The number of halogens is 1. The molecule has 2 heterocycles. The van der Waals surface area contributed by atoms with Crippen LogP contribution in [0.15, 0.2) is 35.3 Å². The largest absolute Gasteiger partial charge is 0.497 e. The Kier molecular flexibility index (Phi) is 5.74. The lowest BCUT2D eigenvalue weighted by molar-refractivity contribution is 0.0726. The summed E-state index contributed by atoms with van der Waals surface area (Å²) in [5, 5.41) is 6.17. The molecule has 2 aliphatic rings. The third-order valence-electron chi connectivity index (χ3n) is 5.35. The summed E-state index contributed by atoms with van der Waals surface area (Å²) in [6.07, 6.45) is 0.612. The van der Waals surface area contributed by atoms with Gasteiger partial charge in [-0.25, -0.2) is 4.39 Å². The van der Waals surface area contributed by atoms with Crippen LogP contribution in [0.2, 0.25) is 0 Å². The van der Waals surface area contributed by atoms with E-state index in [0.29, 0.717) is 54.6 Å². The fraction of sp³-hybridized carbons (Fsp3) is 0.364. The number of nitrogens with zero attached hydrogens (tertiary/aromatic N) is 2. The molecule has 0 saturated heterocycles. The van der Waals surface area contributed by atoms with Gasteiger partial charge in [0.25, 0.3) is 5.91 Å². The smallest absolute Gasteiger partial charge is 0.254 e. The molecule has 0 spiro atoms. The van der Waals surface area contributed by atoms with Gasteiger partial charge in [0.2, 0.25) is 0 Å². The van der Waals surface area contributed by atoms with E-state index in [0.717, 1.165) is 17.7 Å². The van der Waals surface area contributed by atoms with Crippen molar-refractivity contribution in [1.82, 2.24) is 15.5 Å². The lowest BCUT2D eigenvalue weighted by Gasteiger charge is -2.29. The van der Waals surface area contributed by atoms with Crippen LogP contribution in [0.3, 0.4) is 0 Å². The van der Waals surface area contributed by atoms with E-state index in [-0.39, 0.29) is 18.3 Å². The molecular weight excluding hydrogens is 387 g/mol. The first-order valence-electron chi connectivity index (χ1n) is 9.92. The predicted molar refractivity (Wildman–Crippen MR) is 112 cm³/mol. The Bertz CT molecular complexity index is 970. The summed E-state index contributed by atoms with van der Waals surface area (Å²) < 4.78 is 25.2. The van der Waals surface area contributed by atoms with Crippen LogP contribution in [-0.4, -0.2) is 50.6 Å². The zero-order chi connectivity index (χ0) is 21.1. The molecule has 0 saturated carbocycles. The zero-order valence-electron chi connectivity index (χ0n) is 17.1. The second-order valence-electron chi connectivity index (χ2n) is 7.31. The number of fused-ring (bicyclic) bond motifs is 1. The van der Waals surface area contributed by atoms with Crippen molar-refractivity contribution in [2.75, 3.05) is 33.9 Å². The van der Waals surface area contributed by atoms with E-state index >= 15 is 0 Å². The molecular formula is C22H25FN4O3. The van der Waals surface area contributed by atoms with Gasteiger partial charge in [-0.2, -0.15) is 0 Å². The van der Waals surface area contributed by atoms with Crippen LogP contribution in [0.5, 0.6) is 11.5 Å². The number of ether oxygens (including phenoxy) is 2. The van der Waals surface area contributed by atoms with E-state index in [1.54, 1.807) is 31.3 Å². The summed E-state index contributed by atoms with van der Waals surface area (Å²) in [6.45, 7) is 2.71. The Morgan fingerprint density at radius 1 is 1.17 bits per heavy atom. The van der Waals surface area contributed by atoms with E-state index in [2.05, 4.69) is 15.6 Å². The number of aliphatic imine (C=N–C) groups is 1. The molecule has 2 N–H and O–H groups in total. The molecule has 30 heavy (non-hydrogen) atoms. The molecule has 4 rings (SSSR count). The highest BCUT2D eigenvalue weighted by molar-refractivity contribution is 5.97. The maximum atomic E-state index is 14.5. The average molecular weight is 412 g/mol. The second kappa shape index (κ2) is 8.61. The Labute approximate surface area is 174 Å². The van der Waals surface area contributed by atoms with E-state index in [4.69, 9.17) is 9.47 Å². The average Bonchev–Trinajstić information content (AvgIpc) is 3.28. The van der Waals surface area contributed by atoms with Crippen molar-refractivity contribution >= 4 is 11.9 Å². The van der Waals surface area contributed by atoms with Crippen LogP contribution < -0.4 is 20.1 Å². The number of methoxy groups -OCH3 is 2. The van der Waals surface area contributed by atoms with Gasteiger partial charge < -0.3 is 25.0 Å². The molecule has 7 nitrogen and oxygen atoms in total. The fourth-order valence-corrected chi connectivity index (χ4v) is 3.75. The Hall–Kier alpha value is -3.29. The van der Waals surface area contributed by atoms with Gasteiger partial charge in [-0.15, -0.1) is 0 Å². The van der Waals surface area contributed by atoms with Crippen LogP contribution in [0.4, 0.5) is 4.39 Å². The number of rotatable bonds is 6. The van der Waals surface area contributed by atoms with Crippen molar-refractivity contribution in [2.45, 2.75) is 19.5 Å². The molecule has 8 heteroatoms. The molecule has 0 fully saturated rings. The highest BCUT2D eigenvalue weighted by atomic mass is 19.1. The molecule has 1 amide bonds. The standard InChI is InChI=1S/C22H25FN4O3/c1-29-17-7-14(8-18(11-17)30-2)13-27-6-3-15-10-20(23)16(9-19(15)21(27)28)12-26-22-24-4-5-25-22/h7-11H,3-6,12-13H2,1-2H3,(H2,24,25,26). The van der Waals surface area contributed by atoms with Gasteiger partial charge in [-0.1, -0.05) is 0 Å². The molecule has 0 atom stereocenters. The first-order chi connectivity index (χ1) is 14.6. The molecule has 2 aromatic rings. The minimum Gasteiger partial charge on any atom is -0.497 e. The second-order valence-corrected chi connectivity index (χ2v) is 7.31. The van der Waals surface area contributed by atoms with Gasteiger partial charge in [0, 0.05) is 43.4 Å². The maximum absolute atomic E-state index is 14.5. The number of hydrogen-bond donors (Lipinski definition) is 2.